The minimum absolute atomic E-state index is 0.00267. The third-order valence-corrected chi connectivity index (χ3v) is 8.26. The Bertz CT molecular complexity index is 1500. The maximum absolute atomic E-state index is 14.9. The maximum Gasteiger partial charge on any atom is 0.182 e. The van der Waals surface area contributed by atoms with E-state index in [1.165, 1.54) is 31.4 Å². The molecule has 2 bridgehead atoms. The fourth-order valence-corrected chi connectivity index (χ4v) is 5.92. The van der Waals surface area contributed by atoms with E-state index < -0.39 is 11.6 Å². The summed E-state index contributed by atoms with van der Waals surface area (Å²) in [5.41, 5.74) is 4.13. The van der Waals surface area contributed by atoms with Crippen LogP contribution < -0.4 is 0 Å². The number of halogens is 2. The van der Waals surface area contributed by atoms with Crippen molar-refractivity contribution in [1.82, 2.24) is 29.7 Å². The molecule has 0 spiro atoms. The average molecular weight is 489 g/mol. The first-order valence-corrected chi connectivity index (χ1v) is 12.5. The van der Waals surface area contributed by atoms with Gasteiger partial charge in [-0.25, -0.2) is 28.7 Å². The Balaban J connectivity index is 1.26. The normalized spacial score (nSPS) is 27.1. The van der Waals surface area contributed by atoms with E-state index in [-0.39, 0.29) is 23.1 Å². The molecule has 8 rings (SSSR count). The summed E-state index contributed by atoms with van der Waals surface area (Å²) >= 11 is 0. The Labute approximate surface area is 207 Å². The zero-order chi connectivity index (χ0) is 24.6. The standard InChI is InChI=1S/C27H26F2N6O/c1-14-15(2)32-26-24(31-14)23(20-4-3-19(28)8-21(20)29)33-25(34-26)17-5-6-36-22(7-17)18-12-30-35(13-18)27-9-16(10-27)11-27/h3-4,8,12-13,16-17,22H,5-7,9-11H2,1-2H3/t16?,17-,22-,27?/m1/s1. The Hall–Kier alpha value is -3.33. The third kappa shape index (κ3) is 3.36. The van der Waals surface area contributed by atoms with Crippen LogP contribution in [0.1, 0.15) is 66.9 Å². The number of aromatic nitrogens is 6. The Morgan fingerprint density at radius 3 is 2.58 bits per heavy atom. The fraction of sp³-hybridized carbons (Fsp3) is 0.444. The van der Waals surface area contributed by atoms with Crippen LogP contribution in [0.15, 0.2) is 30.6 Å². The molecule has 1 aliphatic heterocycles. The molecule has 1 aromatic carbocycles. The molecule has 4 aromatic rings. The topological polar surface area (TPSA) is 78.6 Å². The van der Waals surface area contributed by atoms with Crippen LogP contribution in [0.3, 0.4) is 0 Å². The molecule has 0 radical (unpaired) electrons. The third-order valence-electron chi connectivity index (χ3n) is 8.26. The van der Waals surface area contributed by atoms with Gasteiger partial charge >= 0.3 is 0 Å². The van der Waals surface area contributed by atoms with Gasteiger partial charge in [0.1, 0.15) is 28.7 Å². The van der Waals surface area contributed by atoms with Gasteiger partial charge < -0.3 is 4.74 Å². The van der Waals surface area contributed by atoms with Gasteiger partial charge in [0.2, 0.25) is 0 Å². The molecule has 3 aliphatic carbocycles. The molecule has 4 heterocycles. The van der Waals surface area contributed by atoms with E-state index in [2.05, 4.69) is 25.9 Å². The summed E-state index contributed by atoms with van der Waals surface area (Å²) in [5, 5.41) is 4.67. The second-order valence-corrected chi connectivity index (χ2v) is 10.6. The van der Waals surface area contributed by atoms with Crippen LogP contribution in [0.4, 0.5) is 8.78 Å². The van der Waals surface area contributed by atoms with E-state index in [1.807, 2.05) is 20.0 Å². The molecule has 4 fully saturated rings. The first-order chi connectivity index (χ1) is 17.4. The van der Waals surface area contributed by atoms with E-state index in [0.717, 1.165) is 35.4 Å². The smallest absolute Gasteiger partial charge is 0.182 e. The predicted octanol–water partition coefficient (Wildman–Crippen LogP) is 5.32. The van der Waals surface area contributed by atoms with Crippen molar-refractivity contribution in [2.45, 2.75) is 63.5 Å². The van der Waals surface area contributed by atoms with Crippen LogP contribution >= 0.6 is 0 Å². The van der Waals surface area contributed by atoms with Crippen molar-refractivity contribution >= 4 is 11.2 Å². The molecule has 2 atom stereocenters. The van der Waals surface area contributed by atoms with Crippen molar-refractivity contribution < 1.29 is 13.5 Å². The minimum atomic E-state index is -0.688. The van der Waals surface area contributed by atoms with Gasteiger partial charge in [-0.3, -0.25) is 4.68 Å². The summed E-state index contributed by atoms with van der Waals surface area (Å²) in [7, 11) is 0. The molecule has 3 saturated carbocycles. The molecule has 3 aromatic heterocycles. The SMILES string of the molecule is Cc1nc2nc([C@@H]3CCO[C@@H](c4cnn(C56CC(C5)C6)c4)C3)nc(-c3ccc(F)cc3F)c2nc1C. The first-order valence-electron chi connectivity index (χ1n) is 12.5. The van der Waals surface area contributed by atoms with E-state index in [1.54, 1.807) is 0 Å². The lowest BCUT2D eigenvalue weighted by atomic mass is 9.50. The summed E-state index contributed by atoms with van der Waals surface area (Å²) in [6.07, 6.45) is 9.08. The molecule has 4 aliphatic rings. The van der Waals surface area contributed by atoms with E-state index >= 15 is 0 Å². The van der Waals surface area contributed by atoms with Crippen LogP contribution in [-0.2, 0) is 10.3 Å². The molecule has 0 amide bonds. The van der Waals surface area contributed by atoms with Crippen LogP contribution in [-0.4, -0.2) is 36.3 Å². The second kappa shape index (κ2) is 7.83. The number of rotatable bonds is 4. The van der Waals surface area contributed by atoms with Crippen molar-refractivity contribution in [3.8, 4) is 11.3 Å². The van der Waals surface area contributed by atoms with Gasteiger partial charge in [-0.1, -0.05) is 0 Å². The lowest BCUT2D eigenvalue weighted by molar-refractivity contribution is -0.0980. The Morgan fingerprint density at radius 1 is 1.03 bits per heavy atom. The average Bonchev–Trinajstić information content (AvgIpc) is 3.27. The fourth-order valence-electron chi connectivity index (χ4n) is 5.92. The van der Waals surface area contributed by atoms with Crippen LogP contribution in [0, 0.1) is 31.4 Å². The summed E-state index contributed by atoms with van der Waals surface area (Å²) < 4.78 is 36.8. The van der Waals surface area contributed by atoms with Gasteiger partial charge in [0.15, 0.2) is 5.65 Å². The number of ether oxygens (including phenoxy) is 1. The summed E-state index contributed by atoms with van der Waals surface area (Å²) in [4.78, 5) is 18.8. The van der Waals surface area contributed by atoms with Crippen molar-refractivity contribution in [2.24, 2.45) is 5.92 Å². The zero-order valence-corrected chi connectivity index (χ0v) is 20.2. The highest BCUT2D eigenvalue weighted by atomic mass is 19.1. The summed E-state index contributed by atoms with van der Waals surface area (Å²) in [5.74, 6) is 0.135. The lowest BCUT2D eigenvalue weighted by Gasteiger charge is -2.61. The quantitative estimate of drug-likeness (QED) is 0.387. The molecule has 36 heavy (non-hydrogen) atoms. The van der Waals surface area contributed by atoms with Gasteiger partial charge in [-0.05, 0) is 64.0 Å². The largest absolute Gasteiger partial charge is 0.373 e. The predicted molar refractivity (Wildman–Crippen MR) is 128 cm³/mol. The summed E-state index contributed by atoms with van der Waals surface area (Å²) in [6.45, 7) is 4.28. The van der Waals surface area contributed by atoms with Gasteiger partial charge in [-0.15, -0.1) is 0 Å². The monoisotopic (exact) mass is 488 g/mol. The summed E-state index contributed by atoms with van der Waals surface area (Å²) in [6, 6.07) is 3.50. The number of benzene rings is 1. The number of nitrogens with zero attached hydrogens (tertiary/aromatic N) is 6. The minimum Gasteiger partial charge on any atom is -0.373 e. The van der Waals surface area contributed by atoms with Gasteiger partial charge in [0.25, 0.3) is 0 Å². The van der Waals surface area contributed by atoms with E-state index in [0.29, 0.717) is 35.7 Å². The Kier molecular flexibility index (Phi) is 4.77. The van der Waals surface area contributed by atoms with Crippen molar-refractivity contribution in [3.05, 3.63) is 65.0 Å². The van der Waals surface area contributed by atoms with Crippen molar-refractivity contribution in [2.75, 3.05) is 6.61 Å². The molecular formula is C27H26F2N6O. The highest BCUT2D eigenvalue weighted by Gasteiger charge is 2.58. The molecule has 0 N–H and O–H groups in total. The lowest BCUT2D eigenvalue weighted by Crippen LogP contribution is -2.59. The highest BCUT2D eigenvalue weighted by molar-refractivity contribution is 5.87. The second-order valence-electron chi connectivity index (χ2n) is 10.6. The van der Waals surface area contributed by atoms with Gasteiger partial charge in [0.05, 0.1) is 29.2 Å². The molecule has 0 unspecified atom stereocenters. The molecular weight excluding hydrogens is 462 g/mol. The molecule has 1 saturated heterocycles. The molecule has 9 heteroatoms. The van der Waals surface area contributed by atoms with Crippen LogP contribution in [0.2, 0.25) is 0 Å². The number of fused-ring (bicyclic) bond motifs is 1. The number of aryl methyl sites for hydroxylation is 2. The van der Waals surface area contributed by atoms with Crippen LogP contribution in [0.5, 0.6) is 0 Å². The number of hydrogen-bond acceptors (Lipinski definition) is 6. The highest BCUT2D eigenvalue weighted by Crippen LogP contribution is 2.62. The van der Waals surface area contributed by atoms with Gasteiger partial charge in [0, 0.05) is 35.9 Å². The van der Waals surface area contributed by atoms with E-state index in [9.17, 15) is 8.78 Å². The van der Waals surface area contributed by atoms with Crippen molar-refractivity contribution in [3.63, 3.8) is 0 Å². The molecule has 7 nitrogen and oxygen atoms in total. The Morgan fingerprint density at radius 2 is 1.83 bits per heavy atom. The van der Waals surface area contributed by atoms with Crippen LogP contribution in [0.25, 0.3) is 22.4 Å². The first kappa shape index (κ1) is 21.9. The maximum atomic E-state index is 14.9. The number of hydrogen-bond donors (Lipinski definition) is 0. The van der Waals surface area contributed by atoms with E-state index in [4.69, 9.17) is 14.7 Å². The van der Waals surface area contributed by atoms with Crippen molar-refractivity contribution in [1.29, 1.82) is 0 Å². The van der Waals surface area contributed by atoms with Gasteiger partial charge in [-0.2, -0.15) is 5.10 Å². The zero-order valence-electron chi connectivity index (χ0n) is 20.2. The molecule has 184 valence electrons.